The van der Waals surface area contributed by atoms with E-state index in [1.165, 1.54) is 85.4 Å². The van der Waals surface area contributed by atoms with Gasteiger partial charge in [0.2, 0.25) is 6.10 Å². The van der Waals surface area contributed by atoms with Crippen molar-refractivity contribution in [1.29, 1.82) is 0 Å². The molecule has 12 fully saturated rings. The third-order valence-corrected chi connectivity index (χ3v) is 31.0. The van der Waals surface area contributed by atoms with Gasteiger partial charge in [0.1, 0.15) is 41.2 Å². The molecule has 3 saturated heterocycles. The van der Waals surface area contributed by atoms with Crippen molar-refractivity contribution in [1.82, 2.24) is 0 Å². The van der Waals surface area contributed by atoms with Gasteiger partial charge in [-0.3, -0.25) is 28.8 Å². The van der Waals surface area contributed by atoms with Crippen molar-refractivity contribution >= 4 is 77.0 Å². The number of phenolic OH excluding ortho intramolecular Hbond substituents is 1. The minimum Gasteiger partial charge on any atom is -0.722 e. The number of ether oxygens (including phenoxy) is 8. The van der Waals surface area contributed by atoms with Crippen LogP contribution in [0.5, 0.6) is 17.2 Å². The summed E-state index contributed by atoms with van der Waals surface area (Å²) < 4.78 is 133. The van der Waals surface area contributed by atoms with Crippen LogP contribution in [0.2, 0.25) is 0 Å². The first-order valence-corrected chi connectivity index (χ1v) is 47.7. The molecule has 5 aromatic carbocycles. The molecule has 9 saturated carbocycles. The van der Waals surface area contributed by atoms with Crippen LogP contribution in [0.3, 0.4) is 0 Å². The van der Waals surface area contributed by atoms with E-state index in [2.05, 4.69) is 104 Å². The topological polar surface area (TPSA) is 254 Å². The number of hydrogen-bond acceptors (Lipinski definition) is 18. The van der Waals surface area contributed by atoms with E-state index in [1.54, 1.807) is 64.5 Å². The van der Waals surface area contributed by atoms with Gasteiger partial charge in [-0.25, -0.2) is 12.8 Å². The number of fused-ring (bicyclic) bond motifs is 13. The van der Waals surface area contributed by atoms with Crippen molar-refractivity contribution in [3.8, 4) is 22.1 Å². The Labute approximate surface area is 733 Å². The number of alkyl halides is 4. The molecule has 12 aliphatic rings. The first kappa shape index (κ1) is 98.4. The number of aromatic hydroxyl groups is 1. The summed E-state index contributed by atoms with van der Waals surface area (Å²) in [5.41, 5.74) is -2.16. The Morgan fingerprint density at radius 2 is 1.11 bits per heavy atom. The van der Waals surface area contributed by atoms with Crippen LogP contribution in [-0.4, -0.2) is 115 Å². The van der Waals surface area contributed by atoms with Gasteiger partial charge in [-0.15, -0.1) is 3.89 Å². The lowest BCUT2D eigenvalue weighted by molar-refractivity contribution is -0.244. The minimum absolute atomic E-state index is 0.0549. The van der Waals surface area contributed by atoms with Crippen molar-refractivity contribution in [3.05, 3.63) is 133 Å². The molecular formula is C99H133F5O18S2. The fraction of sp³-hybridized carbons (Fsp3) is 0.636. The average Bonchev–Trinajstić information content (AvgIpc) is 1.24. The molecule has 1 N–H and O–H groups in total. The Morgan fingerprint density at radius 3 is 1.60 bits per heavy atom. The SMILES string of the molecule is C1CC2CC1C1C3CCC(C3)C21.CCC(C)(C)C(=O)OC12CC3CC(C1)CC(C(=O)OC(CF)C(F)(F)F)(C3)C2.CCC(C)(C)C(=O)Oc1ccc(OC2(C)CCCCC2)cc1.CCC(C)C(=O)OC1C2CC3C(=O)OC1C3O2.CCC(C)c1ccc(O)cc1.CCOC(=O)C(C)(C)CC.O=S(=O)([O-])F.c1ccc(-[s+]2c3ccccc3c3ccccc32)cc1. The fourth-order valence-electron chi connectivity index (χ4n) is 20.6. The van der Waals surface area contributed by atoms with Crippen molar-refractivity contribution in [2.24, 2.45) is 80.8 Å². The summed E-state index contributed by atoms with van der Waals surface area (Å²) in [6, 6.07) is 43.2. The number of carbonyl (C=O) groups excluding carboxylic acids is 6. The van der Waals surface area contributed by atoms with Gasteiger partial charge in [0, 0.05) is 27.7 Å². The van der Waals surface area contributed by atoms with Crippen molar-refractivity contribution < 1.29 is 106 Å². The number of hydrogen-bond donors (Lipinski definition) is 1. The van der Waals surface area contributed by atoms with Crippen LogP contribution in [0.4, 0.5) is 21.4 Å². The van der Waals surface area contributed by atoms with Gasteiger partial charge in [-0.05, 0) is 322 Å². The van der Waals surface area contributed by atoms with E-state index in [9.17, 15) is 50.2 Å². The van der Waals surface area contributed by atoms with Crippen LogP contribution in [0, 0.1) is 80.8 Å². The van der Waals surface area contributed by atoms with E-state index < -0.39 is 63.4 Å². The lowest BCUT2D eigenvalue weighted by Gasteiger charge is -2.60. The van der Waals surface area contributed by atoms with Crippen molar-refractivity contribution in [2.45, 2.75) is 305 Å². The van der Waals surface area contributed by atoms with Gasteiger partial charge in [-0.2, -0.15) is 13.2 Å². The summed E-state index contributed by atoms with van der Waals surface area (Å²) in [5, 5.41) is 11.8. The van der Waals surface area contributed by atoms with E-state index in [0.717, 1.165) is 50.7 Å². The summed E-state index contributed by atoms with van der Waals surface area (Å²) in [5.74, 6) is 7.51. The maximum atomic E-state index is 12.9. The molecule has 14 unspecified atom stereocenters. The molecule has 1 aromatic heterocycles. The fourth-order valence-corrected chi connectivity index (χ4v) is 23.0. The molecule has 14 atom stereocenters. The van der Waals surface area contributed by atoms with Gasteiger partial charge in [-0.1, -0.05) is 109 Å². The Bertz CT molecular complexity index is 4560. The van der Waals surface area contributed by atoms with Gasteiger partial charge in [0.25, 0.3) is 10.5 Å². The highest BCUT2D eigenvalue weighted by Gasteiger charge is 2.67. The van der Waals surface area contributed by atoms with Crippen LogP contribution >= 0.6 is 10.5 Å². The lowest BCUT2D eigenvalue weighted by atomic mass is 9.48. The first-order chi connectivity index (χ1) is 58.5. The van der Waals surface area contributed by atoms with Gasteiger partial charge >= 0.3 is 42.0 Å². The van der Waals surface area contributed by atoms with Gasteiger partial charge in [0.15, 0.2) is 26.5 Å². The Kier molecular flexibility index (Phi) is 33.0. The Hall–Kier alpha value is -7.74. The number of carbonyl (C=O) groups is 6. The predicted octanol–water partition coefficient (Wildman–Crippen LogP) is 23.7. The van der Waals surface area contributed by atoms with E-state index in [1.807, 2.05) is 106 Å². The summed E-state index contributed by atoms with van der Waals surface area (Å²) in [6.45, 7) is 27.8. The molecule has 10 bridgehead atoms. The molecular weight excluding hydrogens is 1640 g/mol. The predicted molar refractivity (Wildman–Crippen MR) is 468 cm³/mol. The summed E-state index contributed by atoms with van der Waals surface area (Å²) >= 11 is 0. The second-order valence-corrected chi connectivity index (χ2v) is 41.4. The van der Waals surface area contributed by atoms with E-state index in [4.69, 9.17) is 51.2 Å². The van der Waals surface area contributed by atoms with Gasteiger partial charge in [0.05, 0.1) is 46.2 Å². The molecule has 684 valence electrons. The molecule has 6 aromatic rings. The molecule has 25 heteroatoms. The van der Waals surface area contributed by atoms with Crippen LogP contribution in [0.15, 0.2) is 127 Å². The quantitative estimate of drug-likeness (QED) is 0.0109. The van der Waals surface area contributed by atoms with Crippen molar-refractivity contribution in [2.75, 3.05) is 13.3 Å². The maximum absolute atomic E-state index is 12.9. The molecule has 9 aliphatic carbocycles. The lowest BCUT2D eigenvalue weighted by Crippen LogP contribution is -2.61. The third kappa shape index (κ3) is 24.2. The monoisotopic (exact) mass is 1770 g/mol. The Morgan fingerprint density at radius 1 is 0.621 bits per heavy atom. The second kappa shape index (κ2) is 41.6. The molecule has 0 amide bonds. The number of benzene rings is 5. The highest BCUT2D eigenvalue weighted by Crippen LogP contribution is 2.68. The highest BCUT2D eigenvalue weighted by molar-refractivity contribution is 7.80. The number of esters is 6. The number of halogens is 5. The second-order valence-electron chi connectivity index (χ2n) is 38.6. The zero-order valence-corrected chi connectivity index (χ0v) is 76.8. The molecule has 124 heavy (non-hydrogen) atoms. The summed E-state index contributed by atoms with van der Waals surface area (Å²) in [6.07, 6.45) is 14.7. The zero-order valence-electron chi connectivity index (χ0n) is 75.1. The van der Waals surface area contributed by atoms with E-state index >= 15 is 0 Å². The van der Waals surface area contributed by atoms with Crippen LogP contribution in [0.25, 0.3) is 25.1 Å². The molecule has 4 heterocycles. The maximum Gasteiger partial charge on any atom is 0.428 e. The molecule has 0 spiro atoms. The number of phenols is 1. The van der Waals surface area contributed by atoms with Crippen LogP contribution in [0.1, 0.15) is 263 Å². The molecule has 3 aliphatic heterocycles. The normalized spacial score (nSPS) is 27.8. The smallest absolute Gasteiger partial charge is 0.428 e. The van der Waals surface area contributed by atoms with E-state index in [0.29, 0.717) is 62.5 Å². The molecule has 18 rings (SSSR count). The first-order valence-electron chi connectivity index (χ1n) is 45.2. The summed E-state index contributed by atoms with van der Waals surface area (Å²) in [7, 11) is -5.36. The highest BCUT2D eigenvalue weighted by atomic mass is 32.3. The zero-order chi connectivity index (χ0) is 90.7. The Balaban J connectivity index is 0.000000153. The summed E-state index contributed by atoms with van der Waals surface area (Å²) in [4.78, 5) is 73.2. The van der Waals surface area contributed by atoms with Crippen molar-refractivity contribution in [3.63, 3.8) is 0 Å². The third-order valence-electron chi connectivity index (χ3n) is 28.7. The number of rotatable bonds is 20. The average molecular weight is 1770 g/mol. The largest absolute Gasteiger partial charge is 0.722 e. The standard InChI is InChI=1S/C20H28F4O4.C19H28O3.C18H13S.C12H16O5.C12H18.C10H14O.C8H16O2.FHO3S/c1-4-17(2,3)15(25)28-19-8-12-5-13(9-19)7-18(6-12,11-19)16(26)27-14(10-21)20(22,23)24;1-5-18(2,3)17(20)21-15-9-11-16(12-10-15)22-19(4)13-7-6-8-14-19;1-2-8-14(9-3-1)19-17-12-6-4-10-15(17)16-11-5-7-13-18(16)19;1-3-5(2)11(13)16-9-7-4-6-8(15-7)10(9)17-12(6)14;1-2-8-5-7(1)11-9-3-4-10(6-9)12(8)11;1-3-8(2)9-4-6-10(11)7-5-9;1-5-8(3,4)7(9)10-6-2;1-5(2,3)4/h12-14H,4-11H2,1-3H3;9-12H,5-8,13-14H2,1-4H3;1-13H;5-10H,3-4H2,1-2H3;7-12H,1-6H2;4-8,11H,3H2,1-2H3;5-6H2,1-4H3;(H,2,3,4)/q;;+1;;;;;/p-1. The van der Waals surface area contributed by atoms with Gasteiger partial charge < -0.3 is 47.6 Å². The molecule has 18 nitrogen and oxygen atoms in total. The van der Waals surface area contributed by atoms with Crippen LogP contribution in [-0.2, 0) is 67.7 Å². The number of thiophene rings is 1. The molecule has 0 radical (unpaired) electrons. The van der Waals surface area contributed by atoms with E-state index in [-0.39, 0.29) is 99.7 Å². The minimum atomic E-state index is -5.42. The van der Waals surface area contributed by atoms with Crippen LogP contribution < -0.4 is 9.47 Å².